The van der Waals surface area contributed by atoms with Crippen molar-refractivity contribution in [1.29, 1.82) is 0 Å². The Labute approximate surface area is 121 Å². The second-order valence-corrected chi connectivity index (χ2v) is 6.80. The van der Waals surface area contributed by atoms with Crippen LogP contribution in [0.25, 0.3) is 16.4 Å². The number of aromatic nitrogens is 1. The molecule has 0 aliphatic carbocycles. The molecule has 0 saturated heterocycles. The summed E-state index contributed by atoms with van der Waals surface area (Å²) in [5, 5.41) is 1.34. The lowest BCUT2D eigenvalue weighted by molar-refractivity contribution is 0.591. The van der Waals surface area contributed by atoms with E-state index < -0.39 is 0 Å². The van der Waals surface area contributed by atoms with Crippen LogP contribution in [0.3, 0.4) is 0 Å². The van der Waals surface area contributed by atoms with Crippen LogP contribution in [0.15, 0.2) is 42.6 Å². The molecule has 2 heteroatoms. The first-order valence-electron chi connectivity index (χ1n) is 6.18. The number of nitrogens with zero attached hydrogens (tertiary/aromatic N) is 1. The highest BCUT2D eigenvalue weighted by Gasteiger charge is 2.22. The van der Waals surface area contributed by atoms with Gasteiger partial charge in [-0.1, -0.05) is 39.0 Å². The number of rotatable bonds is 0. The van der Waals surface area contributed by atoms with Gasteiger partial charge in [0, 0.05) is 15.2 Å². The fourth-order valence-corrected chi connectivity index (χ4v) is 4.17. The van der Waals surface area contributed by atoms with Crippen molar-refractivity contribution in [2.24, 2.45) is 0 Å². The number of hydrogen-bond donors (Lipinski definition) is 0. The zero-order valence-corrected chi connectivity index (χ0v) is 13.0. The van der Waals surface area contributed by atoms with Crippen molar-refractivity contribution in [2.45, 2.75) is 26.2 Å². The van der Waals surface area contributed by atoms with E-state index in [1.165, 1.54) is 25.6 Å². The standard InChI is InChI=1S/C16H16IN/c1-16(2,3)14-13-9-6-10-18(13)12-8-5-4-7-11(12)15(14)17/h4-10H,1-3H3. The summed E-state index contributed by atoms with van der Waals surface area (Å²) in [4.78, 5) is 0. The van der Waals surface area contributed by atoms with E-state index in [0.717, 1.165) is 0 Å². The number of halogens is 1. The molecule has 0 unspecified atom stereocenters. The number of fused-ring (bicyclic) bond motifs is 3. The molecule has 2 aromatic heterocycles. The van der Waals surface area contributed by atoms with Crippen LogP contribution in [0, 0.1) is 3.57 Å². The summed E-state index contributed by atoms with van der Waals surface area (Å²) in [6.07, 6.45) is 2.16. The minimum absolute atomic E-state index is 0.153. The average molecular weight is 349 g/mol. The first-order chi connectivity index (χ1) is 8.50. The van der Waals surface area contributed by atoms with Crippen molar-refractivity contribution in [3.63, 3.8) is 0 Å². The van der Waals surface area contributed by atoms with Crippen molar-refractivity contribution in [2.75, 3.05) is 0 Å². The van der Waals surface area contributed by atoms with Gasteiger partial charge in [0.1, 0.15) is 0 Å². The number of pyridine rings is 1. The third kappa shape index (κ3) is 1.66. The molecule has 92 valence electrons. The van der Waals surface area contributed by atoms with Gasteiger partial charge in [0.05, 0.1) is 11.0 Å². The highest BCUT2D eigenvalue weighted by Crippen LogP contribution is 2.36. The zero-order valence-electron chi connectivity index (χ0n) is 10.9. The van der Waals surface area contributed by atoms with Crippen LogP contribution >= 0.6 is 22.6 Å². The quantitative estimate of drug-likeness (QED) is 0.504. The Morgan fingerprint density at radius 1 is 0.944 bits per heavy atom. The van der Waals surface area contributed by atoms with Crippen LogP contribution in [0.5, 0.6) is 0 Å². The molecule has 0 N–H and O–H groups in total. The van der Waals surface area contributed by atoms with Crippen LogP contribution in [0.2, 0.25) is 0 Å². The predicted octanol–water partition coefficient (Wildman–Crippen LogP) is 4.99. The Kier molecular flexibility index (Phi) is 2.66. The summed E-state index contributed by atoms with van der Waals surface area (Å²) in [5.74, 6) is 0. The minimum atomic E-state index is 0.153. The van der Waals surface area contributed by atoms with Gasteiger partial charge < -0.3 is 4.40 Å². The maximum Gasteiger partial charge on any atom is 0.0538 e. The van der Waals surface area contributed by atoms with E-state index in [1.807, 2.05) is 0 Å². The number of para-hydroxylation sites is 1. The molecule has 0 saturated carbocycles. The molecule has 0 aliphatic heterocycles. The Balaban J connectivity index is 2.61. The third-order valence-corrected chi connectivity index (χ3v) is 4.49. The molecule has 1 aromatic carbocycles. The average Bonchev–Trinajstić information content (AvgIpc) is 2.76. The van der Waals surface area contributed by atoms with Gasteiger partial charge in [-0.15, -0.1) is 0 Å². The molecule has 3 aromatic rings. The van der Waals surface area contributed by atoms with Crippen LogP contribution < -0.4 is 0 Å². The van der Waals surface area contributed by atoms with E-state index in [4.69, 9.17) is 0 Å². The molecule has 0 amide bonds. The van der Waals surface area contributed by atoms with Gasteiger partial charge in [-0.25, -0.2) is 0 Å². The van der Waals surface area contributed by atoms with Gasteiger partial charge in [0.15, 0.2) is 0 Å². The lowest BCUT2D eigenvalue weighted by Gasteiger charge is -2.24. The SMILES string of the molecule is CC(C)(C)c1c(I)c2ccccc2n2cccc12. The molecule has 2 heterocycles. The monoisotopic (exact) mass is 349 g/mol. The van der Waals surface area contributed by atoms with E-state index in [0.29, 0.717) is 0 Å². The first kappa shape index (κ1) is 12.0. The van der Waals surface area contributed by atoms with Gasteiger partial charge >= 0.3 is 0 Å². The summed E-state index contributed by atoms with van der Waals surface area (Å²) in [6, 6.07) is 13.0. The fourth-order valence-electron chi connectivity index (χ4n) is 2.62. The first-order valence-corrected chi connectivity index (χ1v) is 7.26. The van der Waals surface area contributed by atoms with Gasteiger partial charge in [0.25, 0.3) is 0 Å². The third-order valence-electron chi connectivity index (χ3n) is 3.37. The van der Waals surface area contributed by atoms with E-state index in [-0.39, 0.29) is 5.41 Å². The highest BCUT2D eigenvalue weighted by molar-refractivity contribution is 14.1. The Hall–Kier alpha value is -1.03. The van der Waals surface area contributed by atoms with Gasteiger partial charge in [0.2, 0.25) is 0 Å². The summed E-state index contributed by atoms with van der Waals surface area (Å²) in [6.45, 7) is 6.85. The molecular formula is C16H16IN. The highest BCUT2D eigenvalue weighted by atomic mass is 127. The second kappa shape index (κ2) is 3.98. The molecule has 1 nitrogen and oxygen atoms in total. The van der Waals surface area contributed by atoms with Gasteiger partial charge in [-0.2, -0.15) is 0 Å². The normalized spacial score (nSPS) is 12.4. The molecule has 0 bridgehead atoms. The molecule has 0 aliphatic rings. The molecule has 0 spiro atoms. The summed E-state index contributed by atoms with van der Waals surface area (Å²) >= 11 is 2.50. The summed E-state index contributed by atoms with van der Waals surface area (Å²) in [5.41, 5.74) is 4.20. The van der Waals surface area contributed by atoms with E-state index in [2.05, 4.69) is 90.4 Å². The van der Waals surface area contributed by atoms with E-state index in [9.17, 15) is 0 Å². The summed E-state index contributed by atoms with van der Waals surface area (Å²) < 4.78 is 3.68. The molecule has 0 atom stereocenters. The van der Waals surface area contributed by atoms with E-state index in [1.54, 1.807) is 0 Å². The van der Waals surface area contributed by atoms with Crippen molar-refractivity contribution < 1.29 is 0 Å². The van der Waals surface area contributed by atoms with Crippen molar-refractivity contribution in [3.8, 4) is 0 Å². The topological polar surface area (TPSA) is 4.41 Å². The van der Waals surface area contributed by atoms with Crippen molar-refractivity contribution in [3.05, 3.63) is 51.7 Å². The second-order valence-electron chi connectivity index (χ2n) is 5.72. The predicted molar refractivity (Wildman–Crippen MR) is 86.3 cm³/mol. The lowest BCUT2D eigenvalue weighted by atomic mass is 9.86. The zero-order chi connectivity index (χ0) is 12.9. The smallest absolute Gasteiger partial charge is 0.0538 e. The van der Waals surface area contributed by atoms with Crippen LogP contribution in [-0.2, 0) is 5.41 Å². The fraction of sp³-hybridized carbons (Fsp3) is 0.250. The minimum Gasteiger partial charge on any atom is -0.316 e. The van der Waals surface area contributed by atoms with E-state index >= 15 is 0 Å². The maximum atomic E-state index is 2.50. The number of benzene rings is 1. The largest absolute Gasteiger partial charge is 0.316 e. The molecule has 0 radical (unpaired) electrons. The maximum absolute atomic E-state index is 2.50. The van der Waals surface area contributed by atoms with Crippen molar-refractivity contribution in [1.82, 2.24) is 4.40 Å². The van der Waals surface area contributed by atoms with Gasteiger partial charge in [-0.05, 0) is 51.8 Å². The van der Waals surface area contributed by atoms with Crippen LogP contribution in [0.4, 0.5) is 0 Å². The Morgan fingerprint density at radius 2 is 1.61 bits per heavy atom. The Morgan fingerprint density at radius 3 is 2.33 bits per heavy atom. The van der Waals surface area contributed by atoms with Crippen molar-refractivity contribution >= 4 is 39.0 Å². The lowest BCUT2D eigenvalue weighted by Crippen LogP contribution is -2.15. The molecule has 0 fully saturated rings. The Bertz CT molecular complexity index is 732. The molecular weight excluding hydrogens is 333 g/mol. The summed E-state index contributed by atoms with van der Waals surface area (Å²) in [7, 11) is 0. The molecule has 3 rings (SSSR count). The van der Waals surface area contributed by atoms with Gasteiger partial charge in [-0.3, -0.25) is 0 Å². The van der Waals surface area contributed by atoms with Crippen LogP contribution in [0.1, 0.15) is 26.3 Å². The van der Waals surface area contributed by atoms with Crippen LogP contribution in [-0.4, -0.2) is 4.40 Å². The molecule has 18 heavy (non-hydrogen) atoms. The number of hydrogen-bond acceptors (Lipinski definition) is 0.